The zero-order valence-corrected chi connectivity index (χ0v) is 15.4. The van der Waals surface area contributed by atoms with E-state index in [9.17, 15) is 4.79 Å². The van der Waals surface area contributed by atoms with Crippen LogP contribution in [0, 0.1) is 11.3 Å². The highest BCUT2D eigenvalue weighted by Crippen LogP contribution is 2.33. The molecule has 2 atom stereocenters. The molecule has 130 valence electrons. The molecule has 1 heterocycles. The standard InChI is InChI=1S/C18H28N2O2.ClH/c1-13-9-14(11-19)12-20(13)17(21)18(2,3)10-15-7-5-6-8-16(15)22-4;/h5-8,13-14H,9-12,19H2,1-4H3;1H. The van der Waals surface area contributed by atoms with Crippen molar-refractivity contribution in [2.75, 3.05) is 20.2 Å². The van der Waals surface area contributed by atoms with E-state index in [0.717, 1.165) is 24.3 Å². The lowest BCUT2D eigenvalue weighted by molar-refractivity contribution is -0.141. The normalized spacial score (nSPS) is 21.0. The van der Waals surface area contributed by atoms with E-state index in [1.807, 2.05) is 43.0 Å². The van der Waals surface area contributed by atoms with Crippen molar-refractivity contribution in [3.8, 4) is 5.75 Å². The van der Waals surface area contributed by atoms with E-state index < -0.39 is 5.41 Å². The third-order valence-corrected chi connectivity index (χ3v) is 4.66. The predicted octanol–water partition coefficient (Wildman–Crippen LogP) is 2.88. The zero-order chi connectivity index (χ0) is 16.3. The lowest BCUT2D eigenvalue weighted by Gasteiger charge is -2.32. The predicted molar refractivity (Wildman–Crippen MR) is 96.1 cm³/mol. The average Bonchev–Trinajstić information content (AvgIpc) is 2.87. The number of ether oxygens (including phenoxy) is 1. The maximum atomic E-state index is 13.0. The Labute approximate surface area is 145 Å². The third-order valence-electron chi connectivity index (χ3n) is 4.66. The number of nitrogens with two attached hydrogens (primary N) is 1. The number of hydrogen-bond acceptors (Lipinski definition) is 3. The summed E-state index contributed by atoms with van der Waals surface area (Å²) in [6, 6.07) is 8.19. The summed E-state index contributed by atoms with van der Waals surface area (Å²) in [7, 11) is 1.67. The average molecular weight is 341 g/mol. The number of benzene rings is 1. The molecule has 1 aromatic rings. The van der Waals surface area contributed by atoms with Crippen molar-refractivity contribution >= 4 is 18.3 Å². The van der Waals surface area contributed by atoms with E-state index in [4.69, 9.17) is 10.5 Å². The molecule has 0 radical (unpaired) electrons. The van der Waals surface area contributed by atoms with Gasteiger partial charge in [0.05, 0.1) is 7.11 Å². The first-order valence-electron chi connectivity index (χ1n) is 8.02. The van der Waals surface area contributed by atoms with Gasteiger partial charge in [0.15, 0.2) is 0 Å². The highest BCUT2D eigenvalue weighted by molar-refractivity contribution is 5.85. The van der Waals surface area contributed by atoms with Gasteiger partial charge in [-0.1, -0.05) is 32.0 Å². The number of methoxy groups -OCH3 is 1. The molecule has 0 spiro atoms. The van der Waals surface area contributed by atoms with E-state index in [0.29, 0.717) is 18.9 Å². The van der Waals surface area contributed by atoms with Crippen LogP contribution < -0.4 is 10.5 Å². The lowest BCUT2D eigenvalue weighted by atomic mass is 9.83. The molecule has 1 fully saturated rings. The van der Waals surface area contributed by atoms with Gasteiger partial charge in [0.2, 0.25) is 5.91 Å². The molecular weight excluding hydrogens is 312 g/mol. The smallest absolute Gasteiger partial charge is 0.228 e. The van der Waals surface area contributed by atoms with Crippen molar-refractivity contribution in [2.45, 2.75) is 39.7 Å². The Hall–Kier alpha value is -1.26. The second-order valence-electron chi connectivity index (χ2n) is 7.02. The van der Waals surface area contributed by atoms with E-state index >= 15 is 0 Å². The van der Waals surface area contributed by atoms with E-state index in [2.05, 4.69) is 6.92 Å². The minimum atomic E-state index is -0.452. The summed E-state index contributed by atoms with van der Waals surface area (Å²) in [5.41, 5.74) is 6.40. The van der Waals surface area contributed by atoms with Gasteiger partial charge in [-0.05, 0) is 43.9 Å². The van der Waals surface area contributed by atoms with Crippen LogP contribution >= 0.6 is 12.4 Å². The fourth-order valence-corrected chi connectivity index (χ4v) is 3.39. The summed E-state index contributed by atoms with van der Waals surface area (Å²) in [5, 5.41) is 0. The number of halogens is 1. The summed E-state index contributed by atoms with van der Waals surface area (Å²) < 4.78 is 5.41. The Morgan fingerprint density at radius 1 is 1.39 bits per heavy atom. The van der Waals surface area contributed by atoms with Crippen molar-refractivity contribution < 1.29 is 9.53 Å². The second-order valence-corrected chi connectivity index (χ2v) is 7.02. The SMILES string of the molecule is COc1ccccc1CC(C)(C)C(=O)N1CC(CN)CC1C.Cl. The number of amides is 1. The Bertz CT molecular complexity index is 534. The van der Waals surface area contributed by atoms with E-state index in [1.54, 1.807) is 7.11 Å². The molecule has 4 nitrogen and oxygen atoms in total. The van der Waals surface area contributed by atoms with E-state index in [1.165, 1.54) is 0 Å². The first kappa shape index (κ1) is 19.8. The van der Waals surface area contributed by atoms with E-state index in [-0.39, 0.29) is 24.4 Å². The van der Waals surface area contributed by atoms with Gasteiger partial charge in [-0.15, -0.1) is 12.4 Å². The molecule has 5 heteroatoms. The lowest BCUT2D eigenvalue weighted by Crippen LogP contribution is -2.44. The van der Waals surface area contributed by atoms with Crippen molar-refractivity contribution in [2.24, 2.45) is 17.1 Å². The number of hydrogen-bond donors (Lipinski definition) is 1. The highest BCUT2D eigenvalue weighted by atomic mass is 35.5. The topological polar surface area (TPSA) is 55.6 Å². The zero-order valence-electron chi connectivity index (χ0n) is 14.5. The summed E-state index contributed by atoms with van der Waals surface area (Å²) in [6.45, 7) is 7.59. The molecule has 1 aliphatic heterocycles. The molecule has 0 saturated carbocycles. The molecule has 2 N–H and O–H groups in total. The fourth-order valence-electron chi connectivity index (χ4n) is 3.39. The fraction of sp³-hybridized carbons (Fsp3) is 0.611. The highest BCUT2D eigenvalue weighted by Gasteiger charge is 2.39. The third kappa shape index (κ3) is 4.39. The van der Waals surface area contributed by atoms with Crippen LogP contribution in [0.4, 0.5) is 0 Å². The van der Waals surface area contributed by atoms with Gasteiger partial charge in [0, 0.05) is 18.0 Å². The molecule has 2 rings (SSSR count). The van der Waals surface area contributed by atoms with Crippen molar-refractivity contribution in [3.05, 3.63) is 29.8 Å². The Kier molecular flexibility index (Phi) is 6.90. The maximum absolute atomic E-state index is 13.0. The van der Waals surface area contributed by atoms with Crippen LogP contribution in [0.3, 0.4) is 0 Å². The molecule has 1 saturated heterocycles. The summed E-state index contributed by atoms with van der Waals surface area (Å²) in [6.07, 6.45) is 1.68. The Morgan fingerprint density at radius 2 is 2.04 bits per heavy atom. The molecule has 2 unspecified atom stereocenters. The van der Waals surface area contributed by atoms with Gasteiger partial charge in [0.25, 0.3) is 0 Å². The number of nitrogens with zero attached hydrogens (tertiary/aromatic N) is 1. The molecule has 0 aliphatic carbocycles. The summed E-state index contributed by atoms with van der Waals surface area (Å²) in [4.78, 5) is 15.0. The van der Waals surface area contributed by atoms with Gasteiger partial charge >= 0.3 is 0 Å². The van der Waals surface area contributed by atoms with Crippen molar-refractivity contribution in [1.82, 2.24) is 4.90 Å². The number of carbonyl (C=O) groups is 1. The molecule has 1 amide bonds. The van der Waals surface area contributed by atoms with Crippen molar-refractivity contribution in [3.63, 3.8) is 0 Å². The van der Waals surface area contributed by atoms with Crippen LogP contribution in [0.15, 0.2) is 24.3 Å². The number of rotatable bonds is 5. The molecular formula is C18H29ClN2O2. The summed E-state index contributed by atoms with van der Waals surface area (Å²) in [5.74, 6) is 1.49. The Morgan fingerprint density at radius 3 is 2.61 bits per heavy atom. The minimum Gasteiger partial charge on any atom is -0.496 e. The van der Waals surface area contributed by atoms with Crippen LogP contribution in [0.2, 0.25) is 0 Å². The minimum absolute atomic E-state index is 0. The van der Waals surface area contributed by atoms with Gasteiger partial charge in [-0.2, -0.15) is 0 Å². The molecule has 23 heavy (non-hydrogen) atoms. The summed E-state index contributed by atoms with van der Waals surface area (Å²) >= 11 is 0. The van der Waals surface area contributed by atoms with Gasteiger partial charge in [0.1, 0.15) is 5.75 Å². The van der Waals surface area contributed by atoms with Gasteiger partial charge < -0.3 is 15.4 Å². The Balaban J connectivity index is 0.00000264. The first-order chi connectivity index (χ1) is 10.4. The maximum Gasteiger partial charge on any atom is 0.228 e. The largest absolute Gasteiger partial charge is 0.496 e. The molecule has 1 aromatic carbocycles. The van der Waals surface area contributed by atoms with Crippen molar-refractivity contribution in [1.29, 1.82) is 0 Å². The number of carbonyl (C=O) groups excluding carboxylic acids is 1. The number of para-hydroxylation sites is 1. The molecule has 0 aromatic heterocycles. The molecule has 1 aliphatic rings. The second kappa shape index (κ2) is 8.02. The van der Waals surface area contributed by atoms with Crippen LogP contribution in [0.1, 0.15) is 32.8 Å². The van der Waals surface area contributed by atoms with Crippen LogP contribution in [0.5, 0.6) is 5.75 Å². The van der Waals surface area contributed by atoms with Crippen LogP contribution in [-0.2, 0) is 11.2 Å². The monoisotopic (exact) mass is 340 g/mol. The quantitative estimate of drug-likeness (QED) is 0.896. The number of likely N-dealkylation sites (tertiary alicyclic amines) is 1. The van der Waals surface area contributed by atoms with Crippen LogP contribution in [0.25, 0.3) is 0 Å². The first-order valence-corrected chi connectivity index (χ1v) is 8.02. The molecule has 0 bridgehead atoms. The van der Waals surface area contributed by atoms with Crippen LogP contribution in [-0.4, -0.2) is 37.0 Å². The van der Waals surface area contributed by atoms with Gasteiger partial charge in [-0.3, -0.25) is 4.79 Å². The van der Waals surface area contributed by atoms with Gasteiger partial charge in [-0.25, -0.2) is 0 Å².